The van der Waals surface area contributed by atoms with Gasteiger partial charge in [-0.1, -0.05) is 12.5 Å². The summed E-state index contributed by atoms with van der Waals surface area (Å²) in [5.74, 6) is 0.268. The van der Waals surface area contributed by atoms with Crippen molar-refractivity contribution in [2.45, 2.75) is 44.7 Å². The Hall–Kier alpha value is -0.870. The second-order valence-electron chi connectivity index (χ2n) is 5.28. The van der Waals surface area contributed by atoms with Gasteiger partial charge >= 0.3 is 0 Å². The maximum atomic E-state index is 12.4. The predicted octanol–water partition coefficient (Wildman–Crippen LogP) is 2.26. The van der Waals surface area contributed by atoms with E-state index in [1.165, 1.54) is 4.88 Å². The van der Waals surface area contributed by atoms with Gasteiger partial charge in [0.1, 0.15) is 0 Å². The summed E-state index contributed by atoms with van der Waals surface area (Å²) >= 11 is 1.75. The van der Waals surface area contributed by atoms with Gasteiger partial charge in [0.15, 0.2) is 0 Å². The Balaban J connectivity index is 1.93. The van der Waals surface area contributed by atoms with Gasteiger partial charge in [0.25, 0.3) is 0 Å². The van der Waals surface area contributed by atoms with E-state index in [9.17, 15) is 4.79 Å². The maximum absolute atomic E-state index is 12.4. The number of likely N-dealkylation sites (N-methyl/N-ethyl adjacent to an activating group) is 1. The van der Waals surface area contributed by atoms with Crippen LogP contribution in [0.3, 0.4) is 0 Å². The van der Waals surface area contributed by atoms with E-state index >= 15 is 0 Å². The summed E-state index contributed by atoms with van der Waals surface area (Å²) in [5.41, 5.74) is 6.01. The highest BCUT2D eigenvalue weighted by Gasteiger charge is 2.33. The van der Waals surface area contributed by atoms with Crippen LogP contribution in [0.15, 0.2) is 17.5 Å². The third-order valence-electron chi connectivity index (χ3n) is 3.97. The van der Waals surface area contributed by atoms with Crippen LogP contribution in [0.1, 0.15) is 31.1 Å². The lowest BCUT2D eigenvalue weighted by molar-refractivity contribution is -0.136. The molecule has 3 atom stereocenters. The van der Waals surface area contributed by atoms with Crippen molar-refractivity contribution in [2.75, 3.05) is 7.05 Å². The number of hydrogen-bond donors (Lipinski definition) is 1. The first kappa shape index (κ1) is 13.6. The topological polar surface area (TPSA) is 46.3 Å². The second-order valence-corrected chi connectivity index (χ2v) is 6.32. The van der Waals surface area contributed by atoms with E-state index in [-0.39, 0.29) is 23.9 Å². The fourth-order valence-electron chi connectivity index (χ4n) is 2.63. The Labute approximate surface area is 113 Å². The average molecular weight is 266 g/mol. The van der Waals surface area contributed by atoms with Gasteiger partial charge in [-0.25, -0.2) is 0 Å². The minimum absolute atomic E-state index is 0.0424. The Morgan fingerprint density at radius 2 is 2.39 bits per heavy atom. The smallest absolute Gasteiger partial charge is 0.227 e. The summed E-state index contributed by atoms with van der Waals surface area (Å²) < 4.78 is 0. The molecule has 100 valence electrons. The van der Waals surface area contributed by atoms with E-state index in [0.29, 0.717) is 0 Å². The van der Waals surface area contributed by atoms with E-state index in [0.717, 1.165) is 25.7 Å². The molecular formula is C14H22N2OS. The molecule has 0 bridgehead atoms. The summed E-state index contributed by atoms with van der Waals surface area (Å²) in [5, 5.41) is 2.08. The van der Waals surface area contributed by atoms with Crippen LogP contribution in [0.4, 0.5) is 0 Å². The normalized spacial score (nSPS) is 25.1. The molecule has 4 heteroatoms. The van der Waals surface area contributed by atoms with Crippen LogP contribution in [0, 0.1) is 5.92 Å². The minimum Gasteiger partial charge on any atom is -0.342 e. The van der Waals surface area contributed by atoms with E-state index in [1.54, 1.807) is 11.3 Å². The molecule has 1 aliphatic rings. The summed E-state index contributed by atoms with van der Waals surface area (Å²) in [4.78, 5) is 15.6. The molecule has 0 radical (unpaired) electrons. The SMILES string of the molecule is CC(Cc1cccs1)N(C)C(=O)C1CCCC1N. The van der Waals surface area contributed by atoms with E-state index in [2.05, 4.69) is 24.4 Å². The van der Waals surface area contributed by atoms with Crippen LogP contribution in [0.25, 0.3) is 0 Å². The molecule has 1 saturated carbocycles. The zero-order chi connectivity index (χ0) is 13.1. The van der Waals surface area contributed by atoms with E-state index in [4.69, 9.17) is 5.73 Å². The van der Waals surface area contributed by atoms with Crippen LogP contribution in [-0.4, -0.2) is 29.9 Å². The highest BCUT2D eigenvalue weighted by atomic mass is 32.1. The first-order chi connectivity index (χ1) is 8.59. The number of thiophene rings is 1. The molecule has 0 saturated heterocycles. The van der Waals surface area contributed by atoms with Crippen molar-refractivity contribution in [3.8, 4) is 0 Å². The molecule has 1 fully saturated rings. The molecule has 1 aromatic heterocycles. The molecule has 1 aromatic rings. The summed E-state index contributed by atoms with van der Waals surface area (Å²) in [6.07, 6.45) is 3.96. The summed E-state index contributed by atoms with van der Waals surface area (Å²) in [7, 11) is 1.91. The number of carbonyl (C=O) groups is 1. The van der Waals surface area contributed by atoms with Crippen LogP contribution >= 0.6 is 11.3 Å². The van der Waals surface area contributed by atoms with Gasteiger partial charge in [0.05, 0.1) is 5.92 Å². The quantitative estimate of drug-likeness (QED) is 0.908. The van der Waals surface area contributed by atoms with Gasteiger partial charge in [-0.2, -0.15) is 0 Å². The van der Waals surface area contributed by atoms with Crippen molar-refractivity contribution in [1.29, 1.82) is 0 Å². The number of carbonyl (C=O) groups excluding carboxylic acids is 1. The van der Waals surface area contributed by atoms with Crippen molar-refractivity contribution in [3.05, 3.63) is 22.4 Å². The highest BCUT2D eigenvalue weighted by molar-refractivity contribution is 7.09. The molecule has 3 unspecified atom stereocenters. The molecule has 1 amide bonds. The molecule has 0 aromatic carbocycles. The molecule has 0 spiro atoms. The molecule has 18 heavy (non-hydrogen) atoms. The number of nitrogens with zero attached hydrogens (tertiary/aromatic N) is 1. The Morgan fingerprint density at radius 1 is 1.61 bits per heavy atom. The molecule has 0 aliphatic heterocycles. The van der Waals surface area contributed by atoms with Gasteiger partial charge in [-0.3, -0.25) is 4.79 Å². The molecule has 1 aliphatic carbocycles. The number of rotatable bonds is 4. The van der Waals surface area contributed by atoms with Crippen molar-refractivity contribution < 1.29 is 4.79 Å². The van der Waals surface area contributed by atoms with E-state index in [1.807, 2.05) is 11.9 Å². The first-order valence-electron chi connectivity index (χ1n) is 6.64. The Kier molecular flexibility index (Phi) is 4.40. The van der Waals surface area contributed by atoms with Crippen molar-refractivity contribution in [3.63, 3.8) is 0 Å². The number of hydrogen-bond acceptors (Lipinski definition) is 3. The van der Waals surface area contributed by atoms with Gasteiger partial charge in [-0.05, 0) is 31.2 Å². The standard InChI is InChI=1S/C14H22N2OS/c1-10(9-11-5-4-8-18-11)16(2)14(17)12-6-3-7-13(12)15/h4-5,8,10,12-13H,3,6-7,9,15H2,1-2H3. The van der Waals surface area contributed by atoms with Gasteiger partial charge in [-0.15, -0.1) is 11.3 Å². The van der Waals surface area contributed by atoms with Crippen LogP contribution in [0.5, 0.6) is 0 Å². The maximum Gasteiger partial charge on any atom is 0.227 e. The lowest BCUT2D eigenvalue weighted by atomic mass is 10.0. The third kappa shape index (κ3) is 2.93. The zero-order valence-electron chi connectivity index (χ0n) is 11.1. The molecule has 3 nitrogen and oxygen atoms in total. The fraction of sp³-hybridized carbons (Fsp3) is 0.643. The summed E-state index contributed by atoms with van der Waals surface area (Å²) in [6, 6.07) is 4.49. The van der Waals surface area contributed by atoms with Crippen molar-refractivity contribution in [1.82, 2.24) is 4.90 Å². The lowest BCUT2D eigenvalue weighted by Crippen LogP contribution is -2.44. The molecular weight excluding hydrogens is 244 g/mol. The lowest BCUT2D eigenvalue weighted by Gasteiger charge is -2.28. The largest absolute Gasteiger partial charge is 0.342 e. The zero-order valence-corrected chi connectivity index (χ0v) is 12.0. The second kappa shape index (κ2) is 5.85. The third-order valence-corrected chi connectivity index (χ3v) is 4.87. The highest BCUT2D eigenvalue weighted by Crippen LogP contribution is 2.26. The van der Waals surface area contributed by atoms with Crippen LogP contribution in [-0.2, 0) is 11.2 Å². The Morgan fingerprint density at radius 3 is 2.94 bits per heavy atom. The predicted molar refractivity (Wildman–Crippen MR) is 75.6 cm³/mol. The molecule has 2 N–H and O–H groups in total. The fourth-order valence-corrected chi connectivity index (χ4v) is 3.46. The minimum atomic E-state index is 0.0424. The van der Waals surface area contributed by atoms with Gasteiger partial charge < -0.3 is 10.6 Å². The van der Waals surface area contributed by atoms with Crippen molar-refractivity contribution in [2.24, 2.45) is 11.7 Å². The van der Waals surface area contributed by atoms with Gasteiger partial charge in [0.2, 0.25) is 5.91 Å². The van der Waals surface area contributed by atoms with Gasteiger partial charge in [0, 0.05) is 30.4 Å². The average Bonchev–Trinajstić information content (AvgIpc) is 2.98. The van der Waals surface area contributed by atoms with Crippen molar-refractivity contribution >= 4 is 17.2 Å². The number of amides is 1. The first-order valence-corrected chi connectivity index (χ1v) is 7.52. The monoisotopic (exact) mass is 266 g/mol. The number of nitrogens with two attached hydrogens (primary N) is 1. The van der Waals surface area contributed by atoms with E-state index < -0.39 is 0 Å². The molecule has 1 heterocycles. The summed E-state index contributed by atoms with van der Waals surface area (Å²) in [6.45, 7) is 2.11. The Bertz CT molecular complexity index is 391. The van der Waals surface area contributed by atoms with Crippen LogP contribution < -0.4 is 5.73 Å². The molecule has 2 rings (SSSR count). The van der Waals surface area contributed by atoms with Crippen LogP contribution in [0.2, 0.25) is 0 Å².